The summed E-state index contributed by atoms with van der Waals surface area (Å²) in [7, 11) is -6.95. The van der Waals surface area contributed by atoms with Gasteiger partial charge in [-0.05, 0) is 55.5 Å². The molecule has 178 valence electrons. The van der Waals surface area contributed by atoms with Gasteiger partial charge in [-0.3, -0.25) is 15.6 Å². The fourth-order valence-electron chi connectivity index (χ4n) is 3.71. The van der Waals surface area contributed by atoms with Crippen molar-refractivity contribution in [3.8, 4) is 0 Å². The molecule has 0 unspecified atom stereocenters. The summed E-state index contributed by atoms with van der Waals surface area (Å²) in [5, 5.41) is 0. The van der Waals surface area contributed by atoms with Gasteiger partial charge in [0.2, 0.25) is 26.0 Å². The number of carbonyl (C=O) groups excluding carboxylic acids is 1. The van der Waals surface area contributed by atoms with Crippen molar-refractivity contribution in [1.82, 2.24) is 14.5 Å². The number of sulfonamides is 2. The van der Waals surface area contributed by atoms with E-state index in [0.29, 0.717) is 31.6 Å². The average molecular weight is 493 g/mol. The molecule has 1 aliphatic heterocycles. The first-order valence-corrected chi connectivity index (χ1v) is 14.0. The maximum atomic E-state index is 12.7. The number of hydrogen-bond acceptors (Lipinski definition) is 6. The van der Waals surface area contributed by atoms with Crippen LogP contribution in [0.15, 0.2) is 59.5 Å². The van der Waals surface area contributed by atoms with Crippen LogP contribution >= 0.6 is 0 Å². The van der Waals surface area contributed by atoms with Crippen molar-refractivity contribution in [3.63, 3.8) is 0 Å². The van der Waals surface area contributed by atoms with E-state index in [9.17, 15) is 21.6 Å². The van der Waals surface area contributed by atoms with E-state index >= 15 is 0 Å². The second-order valence-electron chi connectivity index (χ2n) is 8.45. The Labute approximate surface area is 194 Å². The van der Waals surface area contributed by atoms with E-state index in [-0.39, 0.29) is 28.5 Å². The quantitative estimate of drug-likeness (QED) is 0.459. The van der Waals surface area contributed by atoms with Gasteiger partial charge in [0.05, 0.1) is 16.3 Å². The van der Waals surface area contributed by atoms with Gasteiger partial charge in [0.15, 0.2) is 0 Å². The molecule has 33 heavy (non-hydrogen) atoms. The molecule has 2 fully saturated rings. The van der Waals surface area contributed by atoms with Crippen LogP contribution < -0.4 is 15.6 Å². The van der Waals surface area contributed by atoms with E-state index in [1.165, 1.54) is 16.4 Å². The van der Waals surface area contributed by atoms with Crippen molar-refractivity contribution in [2.24, 2.45) is 5.92 Å². The Hall–Kier alpha value is -2.47. The fourth-order valence-corrected chi connectivity index (χ4v) is 6.58. The van der Waals surface area contributed by atoms with E-state index in [2.05, 4.69) is 15.6 Å². The highest BCUT2D eigenvalue weighted by atomic mass is 32.2. The largest absolute Gasteiger partial charge is 0.299 e. The van der Waals surface area contributed by atoms with Crippen molar-refractivity contribution in [1.29, 1.82) is 0 Å². The van der Waals surface area contributed by atoms with E-state index < -0.39 is 20.0 Å². The summed E-state index contributed by atoms with van der Waals surface area (Å²) in [5.41, 5.74) is 6.73. The van der Waals surface area contributed by atoms with E-state index in [0.717, 1.165) is 18.4 Å². The first-order valence-electron chi connectivity index (χ1n) is 10.9. The van der Waals surface area contributed by atoms with Gasteiger partial charge in [-0.25, -0.2) is 25.9 Å². The minimum Gasteiger partial charge on any atom is -0.299 e. The lowest BCUT2D eigenvalue weighted by molar-refractivity contribution is -0.125. The third-order valence-electron chi connectivity index (χ3n) is 5.80. The van der Waals surface area contributed by atoms with Gasteiger partial charge in [0.25, 0.3) is 0 Å². The lowest BCUT2D eigenvalue weighted by Crippen LogP contribution is -2.44. The fraction of sp³-hybridized carbons (Fsp3) is 0.409. The van der Waals surface area contributed by atoms with Gasteiger partial charge >= 0.3 is 0 Å². The van der Waals surface area contributed by atoms with E-state index in [1.54, 1.807) is 24.3 Å². The Kier molecular flexibility index (Phi) is 7.03. The number of nitrogens with one attached hydrogen (secondary N) is 3. The van der Waals surface area contributed by atoms with Crippen LogP contribution in [0.2, 0.25) is 0 Å². The molecule has 1 saturated heterocycles. The summed E-state index contributed by atoms with van der Waals surface area (Å²) < 4.78 is 53.8. The number of carbonyl (C=O) groups is 1. The Morgan fingerprint density at radius 3 is 2.12 bits per heavy atom. The molecule has 0 aromatic heterocycles. The molecule has 1 heterocycles. The van der Waals surface area contributed by atoms with E-state index in [4.69, 9.17) is 0 Å². The molecule has 2 aromatic carbocycles. The van der Waals surface area contributed by atoms with Crippen molar-refractivity contribution in [3.05, 3.63) is 60.2 Å². The molecule has 0 atom stereocenters. The zero-order chi connectivity index (χ0) is 23.5. The molecule has 0 spiro atoms. The molecular weight excluding hydrogens is 464 g/mol. The standard InChI is InChI=1S/C22H28N4O5S2/c27-22(24-23-19-8-10-21(11-9-19)33(30,31)25-20-6-7-20)18-12-14-26(15-13-18)32(28,29)16-17-4-2-1-3-5-17/h1-5,8-11,18,20,23,25H,6-7,12-16H2,(H,24,27). The minimum atomic E-state index is -3.52. The monoisotopic (exact) mass is 492 g/mol. The summed E-state index contributed by atoms with van der Waals surface area (Å²) in [4.78, 5) is 12.7. The molecule has 1 amide bonds. The van der Waals surface area contributed by atoms with Gasteiger partial charge in [0.1, 0.15) is 0 Å². The summed E-state index contributed by atoms with van der Waals surface area (Å²) in [6.45, 7) is 0.599. The molecule has 9 nitrogen and oxygen atoms in total. The van der Waals surface area contributed by atoms with Crippen molar-refractivity contribution < 1.29 is 21.6 Å². The first kappa shape index (κ1) is 23.7. The molecular formula is C22H28N4O5S2. The Bertz CT molecular complexity index is 1170. The average Bonchev–Trinajstić information content (AvgIpc) is 3.61. The number of hydrazine groups is 1. The normalized spacial score (nSPS) is 18.1. The van der Waals surface area contributed by atoms with Crippen molar-refractivity contribution in [2.45, 2.75) is 42.4 Å². The molecule has 3 N–H and O–H groups in total. The molecule has 1 saturated carbocycles. The maximum Gasteiger partial charge on any atom is 0.241 e. The minimum absolute atomic E-state index is 0.0341. The lowest BCUT2D eigenvalue weighted by atomic mass is 9.98. The highest BCUT2D eigenvalue weighted by Gasteiger charge is 2.31. The summed E-state index contributed by atoms with van der Waals surface area (Å²) in [6.07, 6.45) is 2.60. The number of anilines is 1. The highest BCUT2D eigenvalue weighted by molar-refractivity contribution is 7.89. The van der Waals surface area contributed by atoms with Gasteiger partial charge in [-0.1, -0.05) is 30.3 Å². The Morgan fingerprint density at radius 2 is 1.52 bits per heavy atom. The number of hydrogen-bond donors (Lipinski definition) is 3. The molecule has 11 heteroatoms. The molecule has 4 rings (SSSR count). The number of nitrogens with zero attached hydrogens (tertiary/aromatic N) is 1. The van der Waals surface area contributed by atoms with Crippen molar-refractivity contribution >= 4 is 31.6 Å². The van der Waals surface area contributed by atoms with Crippen LogP contribution in [0.1, 0.15) is 31.2 Å². The zero-order valence-electron chi connectivity index (χ0n) is 18.1. The third kappa shape index (κ3) is 6.32. The van der Waals surface area contributed by atoms with Crippen LogP contribution in [-0.4, -0.2) is 46.2 Å². The number of benzene rings is 2. The van der Waals surface area contributed by atoms with Crippen LogP contribution in [-0.2, 0) is 30.6 Å². The summed E-state index contributed by atoms with van der Waals surface area (Å²) >= 11 is 0. The molecule has 2 aliphatic rings. The number of rotatable bonds is 9. The van der Waals surface area contributed by atoms with Gasteiger partial charge in [-0.2, -0.15) is 0 Å². The number of amides is 1. The second-order valence-corrected chi connectivity index (χ2v) is 12.1. The van der Waals surface area contributed by atoms with Gasteiger partial charge in [-0.15, -0.1) is 0 Å². The predicted molar refractivity (Wildman–Crippen MR) is 125 cm³/mol. The molecule has 1 aliphatic carbocycles. The SMILES string of the molecule is O=C(NNc1ccc(S(=O)(=O)NC2CC2)cc1)C1CCN(S(=O)(=O)Cc2ccccc2)CC1. The highest BCUT2D eigenvalue weighted by Crippen LogP contribution is 2.24. The third-order valence-corrected chi connectivity index (χ3v) is 9.19. The van der Waals surface area contributed by atoms with Crippen LogP contribution in [0.3, 0.4) is 0 Å². The van der Waals surface area contributed by atoms with Crippen LogP contribution in [0.5, 0.6) is 0 Å². The summed E-state index contributed by atoms with van der Waals surface area (Å²) in [5.74, 6) is -0.570. The van der Waals surface area contributed by atoms with Crippen LogP contribution in [0.25, 0.3) is 0 Å². The predicted octanol–water partition coefficient (Wildman–Crippen LogP) is 1.81. The van der Waals surface area contributed by atoms with Gasteiger partial charge in [0, 0.05) is 25.0 Å². The van der Waals surface area contributed by atoms with E-state index in [1.807, 2.05) is 18.2 Å². The number of piperidine rings is 1. The first-order chi connectivity index (χ1) is 15.7. The van der Waals surface area contributed by atoms with Gasteiger partial charge < -0.3 is 0 Å². The topological polar surface area (TPSA) is 125 Å². The zero-order valence-corrected chi connectivity index (χ0v) is 19.7. The molecule has 0 radical (unpaired) electrons. The van der Waals surface area contributed by atoms with Crippen LogP contribution in [0.4, 0.5) is 5.69 Å². The molecule has 2 aromatic rings. The van der Waals surface area contributed by atoms with Crippen molar-refractivity contribution in [2.75, 3.05) is 18.5 Å². The van der Waals surface area contributed by atoms with Crippen LogP contribution in [0, 0.1) is 5.92 Å². The Morgan fingerprint density at radius 1 is 0.879 bits per heavy atom. The second kappa shape index (κ2) is 9.80. The molecule has 0 bridgehead atoms. The Balaban J connectivity index is 1.24. The lowest BCUT2D eigenvalue weighted by Gasteiger charge is -2.30. The summed E-state index contributed by atoms with van der Waals surface area (Å²) in [6, 6.07) is 15.2. The maximum absolute atomic E-state index is 12.7. The smallest absolute Gasteiger partial charge is 0.241 e.